The molecule has 0 aliphatic heterocycles. The van der Waals surface area contributed by atoms with Gasteiger partial charge >= 0.3 is 0 Å². The second-order valence-corrected chi connectivity index (χ2v) is 5.52. The van der Waals surface area contributed by atoms with E-state index in [2.05, 4.69) is 26.7 Å². The summed E-state index contributed by atoms with van der Waals surface area (Å²) in [6.07, 6.45) is 7.34. The van der Waals surface area contributed by atoms with Crippen LogP contribution >= 0.6 is 0 Å². The Morgan fingerprint density at radius 3 is 2.65 bits per heavy atom. The molecule has 6 nitrogen and oxygen atoms in total. The third-order valence-electron chi connectivity index (χ3n) is 3.89. The number of para-hydroxylation sites is 1. The van der Waals surface area contributed by atoms with Gasteiger partial charge < -0.3 is 10.6 Å². The number of nitriles is 1. The fourth-order valence-electron chi connectivity index (χ4n) is 2.67. The van der Waals surface area contributed by atoms with E-state index < -0.39 is 0 Å². The molecule has 116 valence electrons. The van der Waals surface area contributed by atoms with E-state index in [9.17, 15) is 4.79 Å². The zero-order valence-corrected chi connectivity index (χ0v) is 12.6. The molecular formula is C17H17N5O. The predicted molar refractivity (Wildman–Crippen MR) is 86.2 cm³/mol. The summed E-state index contributed by atoms with van der Waals surface area (Å²) in [6, 6.07) is 9.51. The standard InChI is InChI=1S/C17H17N5O/c18-9-12-5-1-4-8-14(12)22-16-11-19-15(10-20-16)17(23)21-13-6-2-3-7-13/h1,4-5,8,10-11,13H,2-3,6-7H2,(H,20,22)(H,21,23). The molecule has 1 aromatic heterocycles. The van der Waals surface area contributed by atoms with Gasteiger partial charge in [-0.05, 0) is 25.0 Å². The van der Waals surface area contributed by atoms with Crippen LogP contribution in [0.15, 0.2) is 36.7 Å². The zero-order valence-electron chi connectivity index (χ0n) is 12.6. The van der Waals surface area contributed by atoms with Crippen LogP contribution in [-0.4, -0.2) is 21.9 Å². The first-order valence-corrected chi connectivity index (χ1v) is 7.65. The highest BCUT2D eigenvalue weighted by molar-refractivity contribution is 5.92. The van der Waals surface area contributed by atoms with Crippen LogP contribution in [-0.2, 0) is 0 Å². The molecule has 1 fully saturated rings. The van der Waals surface area contributed by atoms with Crippen molar-refractivity contribution in [2.75, 3.05) is 5.32 Å². The first-order chi connectivity index (χ1) is 11.3. The maximum absolute atomic E-state index is 12.1. The second kappa shape index (κ2) is 6.88. The summed E-state index contributed by atoms with van der Waals surface area (Å²) in [5.41, 5.74) is 1.49. The molecule has 1 aliphatic rings. The fourth-order valence-corrected chi connectivity index (χ4v) is 2.67. The van der Waals surface area contributed by atoms with Crippen LogP contribution in [0.25, 0.3) is 0 Å². The molecule has 6 heteroatoms. The number of rotatable bonds is 4. The number of benzene rings is 1. The predicted octanol–water partition coefficient (Wildman–Crippen LogP) is 2.76. The molecule has 1 aliphatic carbocycles. The highest BCUT2D eigenvalue weighted by Crippen LogP contribution is 2.19. The molecule has 1 aromatic carbocycles. The van der Waals surface area contributed by atoms with Crippen molar-refractivity contribution in [2.45, 2.75) is 31.7 Å². The number of hydrogen-bond acceptors (Lipinski definition) is 5. The Hall–Kier alpha value is -2.94. The van der Waals surface area contributed by atoms with Gasteiger partial charge in [-0.1, -0.05) is 25.0 Å². The van der Waals surface area contributed by atoms with Crippen molar-refractivity contribution in [2.24, 2.45) is 0 Å². The molecule has 0 atom stereocenters. The highest BCUT2D eigenvalue weighted by Gasteiger charge is 2.18. The summed E-state index contributed by atoms with van der Waals surface area (Å²) in [4.78, 5) is 20.4. The molecule has 23 heavy (non-hydrogen) atoms. The number of aromatic nitrogens is 2. The number of hydrogen-bond donors (Lipinski definition) is 2. The Balaban J connectivity index is 1.67. The molecule has 1 amide bonds. The summed E-state index contributed by atoms with van der Waals surface area (Å²) >= 11 is 0. The third kappa shape index (κ3) is 3.64. The number of nitrogens with one attached hydrogen (secondary N) is 2. The monoisotopic (exact) mass is 307 g/mol. The Kier molecular flexibility index (Phi) is 4.48. The van der Waals surface area contributed by atoms with Crippen LogP contribution in [0.5, 0.6) is 0 Å². The number of anilines is 2. The normalized spacial score (nSPS) is 14.2. The molecule has 2 N–H and O–H groups in total. The average molecular weight is 307 g/mol. The van der Waals surface area contributed by atoms with Gasteiger partial charge in [-0.3, -0.25) is 4.79 Å². The molecule has 1 heterocycles. The summed E-state index contributed by atoms with van der Waals surface area (Å²) < 4.78 is 0. The van der Waals surface area contributed by atoms with Crippen LogP contribution in [0.4, 0.5) is 11.5 Å². The van der Waals surface area contributed by atoms with E-state index in [1.807, 2.05) is 6.07 Å². The fraction of sp³-hybridized carbons (Fsp3) is 0.294. The van der Waals surface area contributed by atoms with Gasteiger partial charge in [0.05, 0.1) is 23.6 Å². The van der Waals surface area contributed by atoms with Crippen molar-refractivity contribution >= 4 is 17.4 Å². The third-order valence-corrected chi connectivity index (χ3v) is 3.89. The van der Waals surface area contributed by atoms with Crippen molar-refractivity contribution in [3.63, 3.8) is 0 Å². The van der Waals surface area contributed by atoms with E-state index >= 15 is 0 Å². The lowest BCUT2D eigenvalue weighted by atomic mass is 10.2. The summed E-state index contributed by atoms with van der Waals surface area (Å²) in [5, 5.41) is 15.1. The molecule has 3 rings (SSSR count). The topological polar surface area (TPSA) is 90.7 Å². The average Bonchev–Trinajstić information content (AvgIpc) is 3.09. The van der Waals surface area contributed by atoms with Crippen LogP contribution < -0.4 is 10.6 Å². The van der Waals surface area contributed by atoms with Gasteiger partial charge in [-0.25, -0.2) is 9.97 Å². The molecule has 1 saturated carbocycles. The molecule has 0 bridgehead atoms. The molecule has 0 unspecified atom stereocenters. The van der Waals surface area contributed by atoms with Crippen molar-refractivity contribution in [3.8, 4) is 6.07 Å². The lowest BCUT2D eigenvalue weighted by molar-refractivity contribution is 0.0932. The van der Waals surface area contributed by atoms with Gasteiger partial charge in [0.2, 0.25) is 0 Å². The molecular weight excluding hydrogens is 290 g/mol. The first-order valence-electron chi connectivity index (χ1n) is 7.65. The Morgan fingerprint density at radius 2 is 1.96 bits per heavy atom. The lowest BCUT2D eigenvalue weighted by Gasteiger charge is -2.11. The van der Waals surface area contributed by atoms with Crippen LogP contribution in [0.3, 0.4) is 0 Å². The Morgan fingerprint density at radius 1 is 1.17 bits per heavy atom. The largest absolute Gasteiger partial charge is 0.348 e. The zero-order chi connectivity index (χ0) is 16.1. The minimum atomic E-state index is -0.187. The van der Waals surface area contributed by atoms with E-state index in [1.165, 1.54) is 12.4 Å². The van der Waals surface area contributed by atoms with Crippen molar-refractivity contribution in [1.82, 2.24) is 15.3 Å². The quantitative estimate of drug-likeness (QED) is 0.906. The lowest BCUT2D eigenvalue weighted by Crippen LogP contribution is -2.33. The summed E-state index contributed by atoms with van der Waals surface area (Å²) in [6.45, 7) is 0. The van der Waals surface area contributed by atoms with Crippen molar-refractivity contribution < 1.29 is 4.79 Å². The van der Waals surface area contributed by atoms with Gasteiger partial charge in [0.1, 0.15) is 17.6 Å². The minimum Gasteiger partial charge on any atom is -0.348 e. The van der Waals surface area contributed by atoms with Crippen LogP contribution in [0.2, 0.25) is 0 Å². The summed E-state index contributed by atoms with van der Waals surface area (Å²) in [5.74, 6) is 0.304. The van der Waals surface area contributed by atoms with Gasteiger partial charge in [0, 0.05) is 6.04 Å². The van der Waals surface area contributed by atoms with E-state index in [-0.39, 0.29) is 11.9 Å². The van der Waals surface area contributed by atoms with E-state index in [0.29, 0.717) is 22.8 Å². The Bertz CT molecular complexity index is 729. The number of nitrogens with zero attached hydrogens (tertiary/aromatic N) is 3. The second-order valence-electron chi connectivity index (χ2n) is 5.52. The van der Waals surface area contributed by atoms with E-state index in [1.54, 1.807) is 18.2 Å². The molecule has 0 radical (unpaired) electrons. The molecule has 2 aromatic rings. The maximum Gasteiger partial charge on any atom is 0.271 e. The first kappa shape index (κ1) is 15.0. The van der Waals surface area contributed by atoms with Crippen molar-refractivity contribution in [3.05, 3.63) is 47.9 Å². The SMILES string of the molecule is N#Cc1ccccc1Nc1cnc(C(=O)NC2CCCC2)cn1. The maximum atomic E-state index is 12.1. The molecule has 0 spiro atoms. The number of carbonyl (C=O) groups excluding carboxylic acids is 1. The van der Waals surface area contributed by atoms with Gasteiger partial charge in [0.25, 0.3) is 5.91 Å². The van der Waals surface area contributed by atoms with E-state index in [4.69, 9.17) is 5.26 Å². The number of carbonyl (C=O) groups is 1. The van der Waals surface area contributed by atoms with Gasteiger partial charge in [0.15, 0.2) is 0 Å². The number of amides is 1. The van der Waals surface area contributed by atoms with E-state index in [0.717, 1.165) is 25.7 Å². The smallest absolute Gasteiger partial charge is 0.271 e. The summed E-state index contributed by atoms with van der Waals surface area (Å²) in [7, 11) is 0. The highest BCUT2D eigenvalue weighted by atomic mass is 16.1. The van der Waals surface area contributed by atoms with Gasteiger partial charge in [-0.2, -0.15) is 5.26 Å². The van der Waals surface area contributed by atoms with Gasteiger partial charge in [-0.15, -0.1) is 0 Å². The molecule has 0 saturated heterocycles. The minimum absolute atomic E-state index is 0.187. The Labute approximate surface area is 134 Å². The van der Waals surface area contributed by atoms with Crippen molar-refractivity contribution in [1.29, 1.82) is 5.26 Å². The van der Waals surface area contributed by atoms with Crippen LogP contribution in [0, 0.1) is 11.3 Å². The van der Waals surface area contributed by atoms with Crippen LogP contribution in [0.1, 0.15) is 41.7 Å².